The van der Waals surface area contributed by atoms with E-state index in [-0.39, 0.29) is 16.4 Å². The van der Waals surface area contributed by atoms with Gasteiger partial charge in [-0.1, -0.05) is 39.7 Å². The Kier molecular flexibility index (Phi) is 4.48. The Labute approximate surface area is 127 Å². The van der Waals surface area contributed by atoms with Gasteiger partial charge in [-0.15, -0.1) is 0 Å². The van der Waals surface area contributed by atoms with Gasteiger partial charge in [-0.25, -0.2) is 4.39 Å². The summed E-state index contributed by atoms with van der Waals surface area (Å²) >= 11 is 3.69. The van der Waals surface area contributed by atoms with Gasteiger partial charge in [0.2, 0.25) is 0 Å². The molecule has 0 aliphatic heterocycles. The molecule has 106 valence electrons. The largest absolute Gasteiger partial charge is 0.494 e. The summed E-state index contributed by atoms with van der Waals surface area (Å²) in [6.07, 6.45) is 0. The van der Waals surface area contributed by atoms with E-state index in [1.807, 2.05) is 6.07 Å². The van der Waals surface area contributed by atoms with Crippen LogP contribution in [0.2, 0.25) is 0 Å². The lowest BCUT2D eigenvalue weighted by molar-refractivity contribution is 0.386. The maximum atomic E-state index is 13.8. The lowest BCUT2D eigenvalue weighted by atomic mass is 9.94. The Morgan fingerprint density at radius 3 is 2.15 bits per heavy atom. The third kappa shape index (κ3) is 2.88. The first-order valence-electron chi connectivity index (χ1n) is 6.49. The summed E-state index contributed by atoms with van der Waals surface area (Å²) in [5.74, 6) is -0.0670. The molecule has 0 spiro atoms. The molecule has 0 saturated heterocycles. The monoisotopic (exact) mass is 336 g/mol. The molecule has 1 atom stereocenters. The summed E-state index contributed by atoms with van der Waals surface area (Å²) < 4.78 is 18.8. The van der Waals surface area contributed by atoms with Crippen molar-refractivity contribution in [2.24, 2.45) is 0 Å². The number of alkyl halides is 1. The quantitative estimate of drug-likeness (QED) is 0.696. The van der Waals surface area contributed by atoms with E-state index in [4.69, 9.17) is 4.74 Å². The number of aryl methyl sites for hydroxylation is 3. The summed E-state index contributed by atoms with van der Waals surface area (Å²) in [5.41, 5.74) is 5.74. The molecular formula is C17H18BrFO. The molecule has 0 saturated carbocycles. The van der Waals surface area contributed by atoms with Gasteiger partial charge < -0.3 is 4.74 Å². The van der Waals surface area contributed by atoms with Gasteiger partial charge in [-0.05, 0) is 55.2 Å². The third-order valence-electron chi connectivity index (χ3n) is 3.46. The van der Waals surface area contributed by atoms with Gasteiger partial charge in [0.05, 0.1) is 11.9 Å². The molecule has 1 nitrogen and oxygen atoms in total. The second-order valence-corrected chi connectivity index (χ2v) is 5.98. The SMILES string of the molecule is COc1ccc(C(Br)c2c(C)cc(C)cc2C)cc1F. The van der Waals surface area contributed by atoms with Crippen molar-refractivity contribution in [1.82, 2.24) is 0 Å². The van der Waals surface area contributed by atoms with E-state index < -0.39 is 0 Å². The molecule has 0 aromatic heterocycles. The molecular weight excluding hydrogens is 319 g/mol. The molecule has 2 rings (SSSR count). The van der Waals surface area contributed by atoms with Crippen LogP contribution in [0.15, 0.2) is 30.3 Å². The van der Waals surface area contributed by atoms with E-state index in [2.05, 4.69) is 48.8 Å². The van der Waals surface area contributed by atoms with Gasteiger partial charge in [0.15, 0.2) is 11.6 Å². The summed E-state index contributed by atoms with van der Waals surface area (Å²) in [6.45, 7) is 6.26. The number of halogens is 2. The van der Waals surface area contributed by atoms with E-state index >= 15 is 0 Å². The first-order valence-corrected chi connectivity index (χ1v) is 7.41. The van der Waals surface area contributed by atoms with Crippen LogP contribution in [0, 0.1) is 26.6 Å². The maximum Gasteiger partial charge on any atom is 0.165 e. The minimum atomic E-state index is -0.336. The standard InChI is InChI=1S/C17H18BrFO/c1-10-7-11(2)16(12(3)8-10)17(18)13-5-6-15(20-4)14(19)9-13/h5-9,17H,1-4H3. The molecule has 0 bridgehead atoms. The molecule has 1 unspecified atom stereocenters. The van der Waals surface area contributed by atoms with Crippen LogP contribution >= 0.6 is 15.9 Å². The second kappa shape index (κ2) is 5.96. The number of benzene rings is 2. The van der Waals surface area contributed by atoms with Crippen molar-refractivity contribution in [2.45, 2.75) is 25.6 Å². The Bertz CT molecular complexity index is 614. The highest BCUT2D eigenvalue weighted by atomic mass is 79.9. The summed E-state index contributed by atoms with van der Waals surface area (Å²) in [4.78, 5) is -0.0245. The van der Waals surface area contributed by atoms with Gasteiger partial charge in [-0.2, -0.15) is 0 Å². The van der Waals surface area contributed by atoms with Gasteiger partial charge in [0.25, 0.3) is 0 Å². The normalized spacial score (nSPS) is 12.3. The van der Waals surface area contributed by atoms with Crippen LogP contribution in [0.3, 0.4) is 0 Å². The molecule has 2 aromatic carbocycles. The van der Waals surface area contributed by atoms with E-state index in [0.717, 1.165) is 5.56 Å². The number of rotatable bonds is 3. The van der Waals surface area contributed by atoms with Gasteiger partial charge >= 0.3 is 0 Å². The minimum absolute atomic E-state index is 0.0245. The number of methoxy groups -OCH3 is 1. The van der Waals surface area contributed by atoms with Crippen LogP contribution in [-0.4, -0.2) is 7.11 Å². The average molecular weight is 337 g/mol. The topological polar surface area (TPSA) is 9.23 Å². The number of hydrogen-bond acceptors (Lipinski definition) is 1. The fourth-order valence-corrected chi connectivity index (χ4v) is 3.60. The first-order chi connectivity index (χ1) is 9.43. The van der Waals surface area contributed by atoms with Crippen molar-refractivity contribution in [1.29, 1.82) is 0 Å². The Balaban J connectivity index is 2.46. The first kappa shape index (κ1) is 15.0. The molecule has 2 aromatic rings. The predicted octanol–water partition coefficient (Wildman–Crippen LogP) is 5.24. The van der Waals surface area contributed by atoms with Crippen LogP contribution in [0.1, 0.15) is 32.6 Å². The van der Waals surface area contributed by atoms with Crippen LogP contribution < -0.4 is 4.74 Å². The highest BCUT2D eigenvalue weighted by Crippen LogP contribution is 2.36. The van der Waals surface area contributed by atoms with Gasteiger partial charge in [-0.3, -0.25) is 0 Å². The van der Waals surface area contributed by atoms with Crippen molar-refractivity contribution >= 4 is 15.9 Å². The Morgan fingerprint density at radius 2 is 1.65 bits per heavy atom. The van der Waals surface area contributed by atoms with Crippen molar-refractivity contribution in [3.8, 4) is 5.75 Å². The molecule has 0 radical (unpaired) electrons. The second-order valence-electron chi connectivity index (χ2n) is 5.07. The average Bonchev–Trinajstić information content (AvgIpc) is 2.37. The zero-order valence-electron chi connectivity index (χ0n) is 12.1. The lowest BCUT2D eigenvalue weighted by Crippen LogP contribution is -2.01. The molecule has 0 N–H and O–H groups in total. The lowest BCUT2D eigenvalue weighted by Gasteiger charge is -2.18. The third-order valence-corrected chi connectivity index (χ3v) is 4.45. The molecule has 20 heavy (non-hydrogen) atoms. The zero-order valence-corrected chi connectivity index (χ0v) is 13.7. The smallest absolute Gasteiger partial charge is 0.165 e. The summed E-state index contributed by atoms with van der Waals surface area (Å²) in [5, 5.41) is 0. The number of ether oxygens (including phenoxy) is 1. The molecule has 0 aliphatic rings. The minimum Gasteiger partial charge on any atom is -0.494 e. The van der Waals surface area contributed by atoms with E-state index in [1.54, 1.807) is 6.07 Å². The highest BCUT2D eigenvalue weighted by molar-refractivity contribution is 9.09. The van der Waals surface area contributed by atoms with Crippen LogP contribution in [0.25, 0.3) is 0 Å². The molecule has 0 heterocycles. The Morgan fingerprint density at radius 1 is 1.05 bits per heavy atom. The molecule has 3 heteroatoms. The van der Waals surface area contributed by atoms with E-state index in [0.29, 0.717) is 0 Å². The predicted molar refractivity (Wildman–Crippen MR) is 84.4 cm³/mol. The number of hydrogen-bond donors (Lipinski definition) is 0. The summed E-state index contributed by atoms with van der Waals surface area (Å²) in [6, 6.07) is 9.38. The molecule has 0 aliphatic carbocycles. The van der Waals surface area contributed by atoms with Gasteiger partial charge in [0, 0.05) is 0 Å². The zero-order chi connectivity index (χ0) is 14.9. The molecule has 0 amide bonds. The van der Waals surface area contributed by atoms with Crippen LogP contribution in [0.4, 0.5) is 4.39 Å². The van der Waals surface area contributed by atoms with E-state index in [9.17, 15) is 4.39 Å². The van der Waals surface area contributed by atoms with Gasteiger partial charge in [0.1, 0.15) is 0 Å². The van der Waals surface area contributed by atoms with Crippen molar-refractivity contribution in [2.75, 3.05) is 7.11 Å². The fourth-order valence-electron chi connectivity index (χ4n) is 2.60. The molecule has 0 fully saturated rings. The van der Waals surface area contributed by atoms with Crippen LogP contribution in [0.5, 0.6) is 5.75 Å². The van der Waals surface area contributed by atoms with E-state index in [1.165, 1.54) is 35.4 Å². The van der Waals surface area contributed by atoms with Crippen molar-refractivity contribution in [3.05, 3.63) is 64.0 Å². The van der Waals surface area contributed by atoms with Crippen molar-refractivity contribution in [3.63, 3.8) is 0 Å². The van der Waals surface area contributed by atoms with Crippen LogP contribution in [-0.2, 0) is 0 Å². The highest BCUT2D eigenvalue weighted by Gasteiger charge is 2.17. The fraction of sp³-hybridized carbons (Fsp3) is 0.294. The Hall–Kier alpha value is -1.35. The maximum absolute atomic E-state index is 13.8. The van der Waals surface area contributed by atoms with Crippen molar-refractivity contribution < 1.29 is 9.13 Å². The summed E-state index contributed by atoms with van der Waals surface area (Å²) in [7, 11) is 1.47.